The molecule has 5 nitrogen and oxygen atoms in total. The van der Waals surface area contributed by atoms with E-state index in [2.05, 4.69) is 4.99 Å². The molecule has 0 fully saturated rings. The lowest BCUT2D eigenvalue weighted by molar-refractivity contribution is -0.129. The van der Waals surface area contributed by atoms with Gasteiger partial charge in [-0.1, -0.05) is 36.2 Å². The molecular formula is C22H22ClNO4. The number of hydrogen-bond donors (Lipinski definition) is 0. The van der Waals surface area contributed by atoms with E-state index in [4.69, 9.17) is 25.8 Å². The first-order chi connectivity index (χ1) is 13.5. The minimum atomic E-state index is -0.503. The second-order valence-corrected chi connectivity index (χ2v) is 6.72. The molecule has 1 aliphatic rings. The van der Waals surface area contributed by atoms with Crippen molar-refractivity contribution >= 4 is 29.5 Å². The van der Waals surface area contributed by atoms with Gasteiger partial charge >= 0.3 is 5.97 Å². The van der Waals surface area contributed by atoms with E-state index in [1.807, 2.05) is 45.0 Å². The summed E-state index contributed by atoms with van der Waals surface area (Å²) in [6.45, 7) is 6.88. The maximum Gasteiger partial charge on any atom is 0.363 e. The van der Waals surface area contributed by atoms with Crippen molar-refractivity contribution in [2.75, 3.05) is 13.2 Å². The van der Waals surface area contributed by atoms with Gasteiger partial charge in [-0.2, -0.15) is 0 Å². The number of aliphatic imine (C=N–C) groups is 1. The van der Waals surface area contributed by atoms with Gasteiger partial charge in [-0.05, 0) is 56.2 Å². The summed E-state index contributed by atoms with van der Waals surface area (Å²) in [6, 6.07) is 11.1. The van der Waals surface area contributed by atoms with E-state index in [1.165, 1.54) is 0 Å². The fourth-order valence-corrected chi connectivity index (χ4v) is 3.02. The number of esters is 1. The topological polar surface area (TPSA) is 57.1 Å². The molecule has 0 saturated heterocycles. The standard InChI is InChI=1S/C22H22ClNO4/c1-4-9-27-20-17(23)11-15(13-19(20)26-5-2)12-18-22(25)28-21(24-18)16-8-6-7-14(3)10-16/h6-8,10-13H,4-5,9H2,1-3H3. The fraction of sp³-hybridized carbons (Fsp3) is 0.273. The van der Waals surface area contributed by atoms with E-state index < -0.39 is 5.97 Å². The highest BCUT2D eigenvalue weighted by Crippen LogP contribution is 2.37. The molecule has 146 valence electrons. The number of aryl methyl sites for hydroxylation is 1. The predicted octanol–water partition coefficient (Wildman–Crippen LogP) is 5.18. The summed E-state index contributed by atoms with van der Waals surface area (Å²) in [5.41, 5.74) is 2.70. The van der Waals surface area contributed by atoms with Crippen LogP contribution in [0.5, 0.6) is 11.5 Å². The molecule has 0 unspecified atom stereocenters. The van der Waals surface area contributed by atoms with Crippen molar-refractivity contribution in [3.05, 3.63) is 63.8 Å². The molecule has 2 aromatic rings. The average molecular weight is 400 g/mol. The van der Waals surface area contributed by atoms with Gasteiger partial charge in [0.2, 0.25) is 5.90 Å². The molecule has 3 rings (SSSR count). The van der Waals surface area contributed by atoms with Gasteiger partial charge in [0, 0.05) is 5.56 Å². The summed E-state index contributed by atoms with van der Waals surface area (Å²) in [4.78, 5) is 16.6. The molecule has 0 radical (unpaired) electrons. The van der Waals surface area contributed by atoms with Gasteiger partial charge in [-0.25, -0.2) is 9.79 Å². The van der Waals surface area contributed by atoms with Crippen LogP contribution >= 0.6 is 11.6 Å². The summed E-state index contributed by atoms with van der Waals surface area (Å²) in [6.07, 6.45) is 2.49. The molecule has 0 aromatic heterocycles. The molecule has 0 spiro atoms. The Hall–Kier alpha value is -2.79. The third kappa shape index (κ3) is 4.54. The summed E-state index contributed by atoms with van der Waals surface area (Å²) in [5, 5.41) is 0.417. The lowest BCUT2D eigenvalue weighted by Gasteiger charge is -2.14. The van der Waals surface area contributed by atoms with Crippen LogP contribution in [0.2, 0.25) is 5.02 Å². The Morgan fingerprint density at radius 3 is 2.71 bits per heavy atom. The highest BCUT2D eigenvalue weighted by atomic mass is 35.5. The van der Waals surface area contributed by atoms with E-state index in [-0.39, 0.29) is 5.70 Å². The summed E-state index contributed by atoms with van der Waals surface area (Å²) in [7, 11) is 0. The largest absolute Gasteiger partial charge is 0.490 e. The van der Waals surface area contributed by atoms with Crippen LogP contribution in [-0.2, 0) is 9.53 Å². The first kappa shape index (κ1) is 20.0. The van der Waals surface area contributed by atoms with Gasteiger partial charge in [0.1, 0.15) is 0 Å². The maximum atomic E-state index is 12.3. The number of rotatable bonds is 7. The highest BCUT2D eigenvalue weighted by Gasteiger charge is 2.24. The Morgan fingerprint density at radius 2 is 2.00 bits per heavy atom. The predicted molar refractivity (Wildman–Crippen MR) is 110 cm³/mol. The Bertz CT molecular complexity index is 950. The van der Waals surface area contributed by atoms with E-state index in [1.54, 1.807) is 18.2 Å². The van der Waals surface area contributed by atoms with Crippen molar-refractivity contribution in [2.24, 2.45) is 4.99 Å². The van der Waals surface area contributed by atoms with Crippen LogP contribution in [0.25, 0.3) is 6.08 Å². The molecule has 0 N–H and O–H groups in total. The first-order valence-corrected chi connectivity index (χ1v) is 9.58. The van der Waals surface area contributed by atoms with Crippen LogP contribution in [0.3, 0.4) is 0 Å². The lowest BCUT2D eigenvalue weighted by Crippen LogP contribution is -2.05. The number of benzene rings is 2. The van der Waals surface area contributed by atoms with E-state index in [0.29, 0.717) is 41.2 Å². The van der Waals surface area contributed by atoms with Gasteiger partial charge in [-0.15, -0.1) is 0 Å². The zero-order valence-corrected chi connectivity index (χ0v) is 16.9. The number of carbonyl (C=O) groups excluding carboxylic acids is 1. The zero-order chi connectivity index (χ0) is 20.1. The van der Waals surface area contributed by atoms with Crippen molar-refractivity contribution in [3.63, 3.8) is 0 Å². The highest BCUT2D eigenvalue weighted by molar-refractivity contribution is 6.32. The molecule has 28 heavy (non-hydrogen) atoms. The smallest absolute Gasteiger partial charge is 0.363 e. The van der Waals surface area contributed by atoms with Crippen LogP contribution in [-0.4, -0.2) is 25.1 Å². The van der Waals surface area contributed by atoms with Gasteiger partial charge in [0.25, 0.3) is 0 Å². The number of halogens is 1. The minimum Gasteiger partial charge on any atom is -0.490 e. The zero-order valence-electron chi connectivity index (χ0n) is 16.1. The molecule has 1 heterocycles. The van der Waals surface area contributed by atoms with Crippen LogP contribution < -0.4 is 9.47 Å². The second kappa shape index (κ2) is 8.93. The van der Waals surface area contributed by atoms with Crippen LogP contribution in [0.1, 0.15) is 37.0 Å². The first-order valence-electron chi connectivity index (χ1n) is 9.20. The monoisotopic (exact) mass is 399 g/mol. The normalized spacial score (nSPS) is 14.8. The van der Waals surface area contributed by atoms with Gasteiger partial charge < -0.3 is 14.2 Å². The molecule has 0 aliphatic carbocycles. The number of ether oxygens (including phenoxy) is 3. The molecule has 0 bridgehead atoms. The van der Waals surface area contributed by atoms with Crippen molar-refractivity contribution in [1.82, 2.24) is 0 Å². The van der Waals surface area contributed by atoms with Crippen molar-refractivity contribution in [2.45, 2.75) is 27.2 Å². The summed E-state index contributed by atoms with van der Waals surface area (Å²) >= 11 is 6.38. The number of carbonyl (C=O) groups is 1. The van der Waals surface area contributed by atoms with Gasteiger partial charge in [0.05, 0.1) is 18.2 Å². The molecular weight excluding hydrogens is 378 g/mol. The fourth-order valence-electron chi connectivity index (χ4n) is 2.75. The quantitative estimate of drug-likeness (QED) is 0.475. The van der Waals surface area contributed by atoms with Crippen LogP contribution in [0.15, 0.2) is 47.1 Å². The summed E-state index contributed by atoms with van der Waals surface area (Å²) in [5.74, 6) is 0.825. The van der Waals surface area contributed by atoms with Crippen molar-refractivity contribution in [3.8, 4) is 11.5 Å². The maximum absolute atomic E-state index is 12.3. The lowest BCUT2D eigenvalue weighted by atomic mass is 10.1. The Balaban J connectivity index is 1.94. The third-order valence-electron chi connectivity index (χ3n) is 3.97. The van der Waals surface area contributed by atoms with Crippen molar-refractivity contribution in [1.29, 1.82) is 0 Å². The van der Waals surface area contributed by atoms with E-state index >= 15 is 0 Å². The van der Waals surface area contributed by atoms with Gasteiger partial charge in [0.15, 0.2) is 17.2 Å². The molecule has 0 amide bonds. The molecule has 6 heteroatoms. The average Bonchev–Trinajstić information content (AvgIpc) is 3.02. The molecule has 0 saturated carbocycles. The molecule has 2 aromatic carbocycles. The molecule has 0 atom stereocenters. The minimum absolute atomic E-state index is 0.206. The second-order valence-electron chi connectivity index (χ2n) is 6.32. The number of cyclic esters (lactones) is 1. The SMILES string of the molecule is CCCOc1c(Cl)cc(C=C2N=C(c3cccc(C)c3)OC2=O)cc1OCC. The number of hydrogen-bond acceptors (Lipinski definition) is 5. The Morgan fingerprint density at radius 1 is 1.18 bits per heavy atom. The van der Waals surface area contributed by atoms with Crippen LogP contribution in [0, 0.1) is 6.92 Å². The van der Waals surface area contributed by atoms with Crippen LogP contribution in [0.4, 0.5) is 0 Å². The van der Waals surface area contributed by atoms with Gasteiger partial charge in [-0.3, -0.25) is 0 Å². The Labute approximate surface area is 169 Å². The summed E-state index contributed by atoms with van der Waals surface area (Å²) < 4.78 is 16.7. The third-order valence-corrected chi connectivity index (χ3v) is 4.25. The molecule has 1 aliphatic heterocycles. The van der Waals surface area contributed by atoms with E-state index in [9.17, 15) is 4.79 Å². The van der Waals surface area contributed by atoms with E-state index in [0.717, 1.165) is 17.5 Å². The number of nitrogens with zero attached hydrogens (tertiary/aromatic N) is 1. The van der Waals surface area contributed by atoms with Crippen molar-refractivity contribution < 1.29 is 19.0 Å². The Kier molecular flexibility index (Phi) is 6.37.